The van der Waals surface area contributed by atoms with Crippen molar-refractivity contribution < 1.29 is 4.79 Å². The quantitative estimate of drug-likeness (QED) is 0.358. The molecule has 0 aliphatic heterocycles. The summed E-state index contributed by atoms with van der Waals surface area (Å²) < 4.78 is 0. The Morgan fingerprint density at radius 2 is 2.53 bits per heavy atom. The van der Waals surface area contributed by atoms with Crippen molar-refractivity contribution in [2.24, 2.45) is 4.99 Å². The molecule has 0 radical (unpaired) electrons. The van der Waals surface area contributed by atoms with E-state index in [-0.39, 0.29) is 0 Å². The Morgan fingerprint density at radius 1 is 1.73 bits per heavy atom. The maximum atomic E-state index is 10.7. The van der Waals surface area contributed by atoms with Crippen LogP contribution in [-0.2, 0) is 6.42 Å². The Kier molecular flexibility index (Phi) is 4.58. The van der Waals surface area contributed by atoms with Crippen molar-refractivity contribution in [2.45, 2.75) is 13.3 Å². The van der Waals surface area contributed by atoms with Gasteiger partial charge in [0.2, 0.25) is 0 Å². The Hall–Kier alpha value is -1.60. The highest BCUT2D eigenvalue weighted by Crippen LogP contribution is 2.26. The second-order valence-corrected chi connectivity index (χ2v) is 3.92. The minimum absolute atomic E-state index is 0.343. The summed E-state index contributed by atoms with van der Waals surface area (Å²) in [5.74, 6) is 2.39. The van der Waals surface area contributed by atoms with Gasteiger partial charge in [0.1, 0.15) is 11.5 Å². The molecule has 0 unspecified atom stereocenters. The lowest BCUT2D eigenvalue weighted by molar-refractivity contribution is 0.112. The van der Waals surface area contributed by atoms with Crippen LogP contribution in [0.15, 0.2) is 11.1 Å². The van der Waals surface area contributed by atoms with E-state index in [2.05, 4.69) is 23.2 Å². The summed E-state index contributed by atoms with van der Waals surface area (Å²) in [5, 5.41) is 3.78. The van der Waals surface area contributed by atoms with Crippen LogP contribution in [0, 0.1) is 12.3 Å². The van der Waals surface area contributed by atoms with Crippen LogP contribution in [0.1, 0.15) is 22.2 Å². The summed E-state index contributed by atoms with van der Waals surface area (Å²) in [6, 6.07) is 1.88. The number of aliphatic imine (C=N–C) groups is 1. The first-order valence-electron chi connectivity index (χ1n) is 4.58. The van der Waals surface area contributed by atoms with E-state index in [9.17, 15) is 4.79 Å². The lowest BCUT2D eigenvalue weighted by Crippen LogP contribution is -1.95. The van der Waals surface area contributed by atoms with Crippen LogP contribution in [0.25, 0.3) is 0 Å². The minimum Gasteiger partial charge on any atom is -0.338 e. The van der Waals surface area contributed by atoms with Crippen molar-refractivity contribution in [1.29, 1.82) is 0 Å². The average Bonchev–Trinajstić information content (AvgIpc) is 2.67. The van der Waals surface area contributed by atoms with Crippen LogP contribution in [0.3, 0.4) is 0 Å². The van der Waals surface area contributed by atoms with E-state index in [4.69, 9.17) is 6.42 Å². The Bertz CT molecular complexity index is 401. The molecule has 0 saturated carbocycles. The third kappa shape index (κ3) is 3.22. The lowest BCUT2D eigenvalue weighted by atomic mass is 10.3. The minimum atomic E-state index is 0.343. The Labute approximate surface area is 93.2 Å². The maximum absolute atomic E-state index is 10.7. The van der Waals surface area contributed by atoms with E-state index in [1.165, 1.54) is 11.2 Å². The van der Waals surface area contributed by atoms with Crippen molar-refractivity contribution in [3.05, 3.63) is 16.5 Å². The van der Waals surface area contributed by atoms with E-state index in [1.54, 1.807) is 11.3 Å². The maximum Gasteiger partial charge on any atom is 0.153 e. The van der Waals surface area contributed by atoms with Gasteiger partial charge in [-0.1, -0.05) is 12.8 Å². The molecule has 3 nitrogen and oxygen atoms in total. The fourth-order valence-corrected chi connectivity index (χ4v) is 1.96. The van der Waals surface area contributed by atoms with Gasteiger partial charge in [-0.2, -0.15) is 0 Å². The first-order chi connectivity index (χ1) is 7.31. The predicted octanol–water partition coefficient (Wildman–Crippen LogP) is 2.20. The second kappa shape index (κ2) is 5.99. The second-order valence-electron chi connectivity index (χ2n) is 2.79. The van der Waals surface area contributed by atoms with Gasteiger partial charge in [0.05, 0.1) is 6.34 Å². The van der Waals surface area contributed by atoms with E-state index >= 15 is 0 Å². The number of carbonyl (C=O) groups is 1. The fraction of sp³-hybridized carbons (Fsp3) is 0.273. The molecule has 0 aromatic carbocycles. The summed E-state index contributed by atoms with van der Waals surface area (Å²) in [7, 11) is 0. The zero-order chi connectivity index (χ0) is 11.1. The largest absolute Gasteiger partial charge is 0.338 e. The monoisotopic (exact) mass is 220 g/mol. The highest BCUT2D eigenvalue weighted by atomic mass is 32.1. The topological polar surface area (TPSA) is 41.5 Å². The third-order valence-electron chi connectivity index (χ3n) is 1.76. The van der Waals surface area contributed by atoms with Gasteiger partial charge in [-0.25, -0.2) is 0 Å². The molecule has 0 bridgehead atoms. The molecule has 0 atom stereocenters. The zero-order valence-electron chi connectivity index (χ0n) is 8.49. The van der Waals surface area contributed by atoms with Gasteiger partial charge < -0.3 is 5.32 Å². The van der Waals surface area contributed by atoms with E-state index in [1.807, 2.05) is 6.07 Å². The average molecular weight is 220 g/mol. The van der Waals surface area contributed by atoms with E-state index in [0.29, 0.717) is 12.1 Å². The molecule has 0 aliphatic carbocycles. The van der Waals surface area contributed by atoms with Crippen LogP contribution in [0.5, 0.6) is 0 Å². The first-order valence-corrected chi connectivity index (χ1v) is 5.39. The number of hydrogen-bond acceptors (Lipinski definition) is 3. The molecule has 1 aromatic heterocycles. The first kappa shape index (κ1) is 11.5. The predicted molar refractivity (Wildman–Crippen MR) is 64.9 cm³/mol. The van der Waals surface area contributed by atoms with Gasteiger partial charge in [-0.15, -0.1) is 17.8 Å². The fourth-order valence-electron chi connectivity index (χ4n) is 1.04. The van der Waals surface area contributed by atoms with E-state index < -0.39 is 0 Å². The van der Waals surface area contributed by atoms with Gasteiger partial charge in [-0.3, -0.25) is 9.79 Å². The smallest absolute Gasteiger partial charge is 0.153 e. The number of anilines is 1. The van der Waals surface area contributed by atoms with Crippen molar-refractivity contribution >= 4 is 29.0 Å². The number of thiophene rings is 1. The number of rotatable bonds is 5. The van der Waals surface area contributed by atoms with Crippen molar-refractivity contribution in [2.75, 3.05) is 11.9 Å². The van der Waals surface area contributed by atoms with Gasteiger partial charge in [-0.05, 0) is 12.5 Å². The van der Waals surface area contributed by atoms with Crippen molar-refractivity contribution in [1.82, 2.24) is 0 Å². The number of nitrogens with zero attached hydrogens (tertiary/aromatic N) is 1. The molecule has 4 heteroatoms. The number of terminal acetylenes is 1. The highest BCUT2D eigenvalue weighted by molar-refractivity contribution is 7.16. The van der Waals surface area contributed by atoms with Gasteiger partial charge in [0, 0.05) is 10.4 Å². The SMILES string of the molecule is C#CCN=CNc1sc(CC)cc1C=O. The molecule has 0 saturated heterocycles. The molecule has 1 aromatic rings. The Balaban J connectivity index is 2.71. The lowest BCUT2D eigenvalue weighted by Gasteiger charge is -1.95. The number of carbonyl (C=O) groups excluding carboxylic acids is 1. The summed E-state index contributed by atoms with van der Waals surface area (Å²) in [4.78, 5) is 15.8. The number of hydrogen-bond donors (Lipinski definition) is 1. The Morgan fingerprint density at radius 3 is 3.13 bits per heavy atom. The number of aldehydes is 1. The van der Waals surface area contributed by atoms with Crippen LogP contribution >= 0.6 is 11.3 Å². The number of nitrogens with one attached hydrogen (secondary N) is 1. The van der Waals surface area contributed by atoms with Crippen LogP contribution in [0.4, 0.5) is 5.00 Å². The summed E-state index contributed by atoms with van der Waals surface area (Å²) >= 11 is 1.56. The molecule has 0 amide bonds. The standard InChI is InChI=1S/C11H12N2OS/c1-3-5-12-8-13-11-9(7-14)6-10(4-2)15-11/h1,6-8H,4-5H2,2H3,(H,12,13). The molecule has 0 aliphatic rings. The van der Waals surface area contributed by atoms with Gasteiger partial charge in [0.25, 0.3) is 0 Å². The molecule has 15 heavy (non-hydrogen) atoms. The molecule has 0 fully saturated rings. The summed E-state index contributed by atoms with van der Waals surface area (Å²) in [6.45, 7) is 2.39. The normalized spacial score (nSPS) is 10.1. The summed E-state index contributed by atoms with van der Waals surface area (Å²) in [5.41, 5.74) is 0.670. The van der Waals surface area contributed by atoms with Gasteiger partial charge >= 0.3 is 0 Å². The van der Waals surface area contributed by atoms with Crippen molar-refractivity contribution in [3.8, 4) is 12.3 Å². The van der Waals surface area contributed by atoms with Crippen LogP contribution < -0.4 is 5.32 Å². The van der Waals surface area contributed by atoms with Crippen LogP contribution in [0.2, 0.25) is 0 Å². The molecule has 1 rings (SSSR count). The van der Waals surface area contributed by atoms with Crippen molar-refractivity contribution in [3.63, 3.8) is 0 Å². The third-order valence-corrected chi connectivity index (χ3v) is 2.98. The summed E-state index contributed by atoms with van der Waals surface area (Å²) in [6.07, 6.45) is 8.34. The molecule has 78 valence electrons. The van der Waals surface area contributed by atoms with Crippen LogP contribution in [-0.4, -0.2) is 19.2 Å². The molecular weight excluding hydrogens is 208 g/mol. The zero-order valence-corrected chi connectivity index (χ0v) is 9.30. The highest BCUT2D eigenvalue weighted by Gasteiger charge is 2.05. The molecule has 1 heterocycles. The number of aryl methyl sites for hydroxylation is 1. The molecular formula is C11H12N2OS. The molecule has 0 spiro atoms. The van der Waals surface area contributed by atoms with Gasteiger partial charge in [0.15, 0.2) is 6.29 Å². The molecule has 1 N–H and O–H groups in total. The van der Waals surface area contributed by atoms with E-state index in [0.717, 1.165) is 17.7 Å².